The number of ether oxygens (including phenoxy) is 3. The van der Waals surface area contributed by atoms with Gasteiger partial charge in [-0.15, -0.1) is 0 Å². The summed E-state index contributed by atoms with van der Waals surface area (Å²) < 4.78 is 43.5. The Hall–Kier alpha value is -3.64. The molecule has 4 rings (SSSR count). The van der Waals surface area contributed by atoms with E-state index in [-0.39, 0.29) is 30.5 Å². The number of nitrogens with zero attached hydrogens (tertiary/aromatic N) is 2. The topological polar surface area (TPSA) is 114 Å². The molecule has 0 aromatic heterocycles. The van der Waals surface area contributed by atoms with Gasteiger partial charge in [-0.3, -0.25) is 9.59 Å². The van der Waals surface area contributed by atoms with Crippen LogP contribution in [0.25, 0.3) is 0 Å². The zero-order valence-corrected chi connectivity index (χ0v) is 25.1. The van der Waals surface area contributed by atoms with Crippen molar-refractivity contribution < 1.29 is 32.2 Å². The van der Waals surface area contributed by atoms with E-state index in [0.29, 0.717) is 42.8 Å². The van der Waals surface area contributed by atoms with Crippen molar-refractivity contribution >= 4 is 33.4 Å². The molecule has 3 aromatic rings. The van der Waals surface area contributed by atoms with Crippen molar-refractivity contribution in [3.63, 3.8) is 0 Å². The molecule has 0 saturated carbocycles. The first-order valence-corrected chi connectivity index (χ1v) is 15.2. The number of para-hydroxylation sites is 1. The summed E-state index contributed by atoms with van der Waals surface area (Å²) in [6.07, 6.45) is 0. The van der Waals surface area contributed by atoms with Gasteiger partial charge in [0.05, 0.1) is 25.2 Å². The van der Waals surface area contributed by atoms with Gasteiger partial charge in [0, 0.05) is 36.8 Å². The summed E-state index contributed by atoms with van der Waals surface area (Å²) in [4.78, 5) is 28.1. The lowest BCUT2D eigenvalue weighted by Gasteiger charge is -2.29. The Morgan fingerprint density at radius 3 is 2.36 bits per heavy atom. The van der Waals surface area contributed by atoms with Gasteiger partial charge in [0.25, 0.3) is 5.91 Å². The van der Waals surface area contributed by atoms with E-state index in [1.807, 2.05) is 24.3 Å². The SMILES string of the molecule is COc1ccccc1CNC(=O)[C@H](C)N(Cc1ccc(Cl)cc1)C(=O)COc1ccc(S(=O)(=O)N2CCOCC2)cc1. The molecule has 3 aromatic carbocycles. The maximum absolute atomic E-state index is 13.4. The molecule has 1 fully saturated rings. The summed E-state index contributed by atoms with van der Waals surface area (Å²) in [6, 6.07) is 19.5. The molecule has 12 heteroatoms. The van der Waals surface area contributed by atoms with E-state index in [9.17, 15) is 18.0 Å². The van der Waals surface area contributed by atoms with Gasteiger partial charge in [-0.25, -0.2) is 8.42 Å². The van der Waals surface area contributed by atoms with Crippen LogP contribution in [0, 0.1) is 0 Å². The van der Waals surface area contributed by atoms with Crippen LogP contribution in [-0.2, 0) is 37.4 Å². The molecule has 1 aliphatic rings. The summed E-state index contributed by atoms with van der Waals surface area (Å²) >= 11 is 6.03. The van der Waals surface area contributed by atoms with Crippen LogP contribution in [0.3, 0.4) is 0 Å². The van der Waals surface area contributed by atoms with Crippen molar-refractivity contribution in [1.82, 2.24) is 14.5 Å². The Balaban J connectivity index is 1.43. The highest BCUT2D eigenvalue weighted by Gasteiger charge is 2.28. The van der Waals surface area contributed by atoms with E-state index in [2.05, 4.69) is 5.32 Å². The Labute approximate surface area is 251 Å². The fraction of sp³-hybridized carbons (Fsp3) is 0.333. The fourth-order valence-corrected chi connectivity index (χ4v) is 5.95. The first kappa shape index (κ1) is 31.3. The molecule has 42 heavy (non-hydrogen) atoms. The third kappa shape index (κ3) is 8.01. The predicted octanol–water partition coefficient (Wildman–Crippen LogP) is 3.48. The molecule has 0 radical (unpaired) electrons. The highest BCUT2D eigenvalue weighted by molar-refractivity contribution is 7.89. The van der Waals surface area contributed by atoms with Gasteiger partial charge >= 0.3 is 0 Å². The van der Waals surface area contributed by atoms with Gasteiger partial charge in [0.1, 0.15) is 17.5 Å². The molecule has 1 heterocycles. The minimum Gasteiger partial charge on any atom is -0.496 e. The third-order valence-electron chi connectivity index (χ3n) is 6.87. The van der Waals surface area contributed by atoms with Crippen molar-refractivity contribution in [1.29, 1.82) is 0 Å². The van der Waals surface area contributed by atoms with E-state index in [0.717, 1.165) is 11.1 Å². The van der Waals surface area contributed by atoms with Gasteiger partial charge in [-0.1, -0.05) is 41.9 Å². The van der Waals surface area contributed by atoms with Gasteiger partial charge < -0.3 is 24.4 Å². The normalized spacial score (nSPS) is 14.5. The van der Waals surface area contributed by atoms with Crippen LogP contribution < -0.4 is 14.8 Å². The fourth-order valence-electron chi connectivity index (χ4n) is 4.42. The number of amides is 2. The van der Waals surface area contributed by atoms with Crippen molar-refractivity contribution in [2.24, 2.45) is 0 Å². The second kappa shape index (κ2) is 14.5. The number of hydrogen-bond acceptors (Lipinski definition) is 7. The van der Waals surface area contributed by atoms with E-state index < -0.39 is 22.0 Å². The molecular weight excluding hydrogens is 582 g/mol. The Morgan fingerprint density at radius 1 is 1.02 bits per heavy atom. The molecule has 2 amide bonds. The second-order valence-electron chi connectivity index (χ2n) is 9.63. The maximum atomic E-state index is 13.4. The number of benzene rings is 3. The van der Waals surface area contributed by atoms with E-state index >= 15 is 0 Å². The average Bonchev–Trinajstić information content (AvgIpc) is 3.02. The largest absolute Gasteiger partial charge is 0.496 e. The zero-order valence-electron chi connectivity index (χ0n) is 23.5. The molecule has 0 spiro atoms. The first-order valence-electron chi connectivity index (χ1n) is 13.4. The summed E-state index contributed by atoms with van der Waals surface area (Å²) in [7, 11) is -2.09. The number of halogens is 1. The van der Waals surface area contributed by atoms with Crippen LogP contribution >= 0.6 is 11.6 Å². The van der Waals surface area contributed by atoms with E-state index in [1.54, 1.807) is 38.3 Å². The maximum Gasteiger partial charge on any atom is 0.261 e. The lowest BCUT2D eigenvalue weighted by atomic mass is 10.1. The van der Waals surface area contributed by atoms with Crippen LogP contribution in [0.1, 0.15) is 18.1 Å². The zero-order chi connectivity index (χ0) is 30.1. The molecule has 10 nitrogen and oxygen atoms in total. The number of morpholine rings is 1. The number of rotatable bonds is 12. The highest BCUT2D eigenvalue weighted by atomic mass is 35.5. The Kier molecular flexibility index (Phi) is 10.8. The minimum absolute atomic E-state index is 0.132. The lowest BCUT2D eigenvalue weighted by Crippen LogP contribution is -2.48. The summed E-state index contributed by atoms with van der Waals surface area (Å²) in [5.41, 5.74) is 1.59. The van der Waals surface area contributed by atoms with Crippen LogP contribution in [-0.4, -0.2) is 75.5 Å². The number of sulfonamides is 1. The van der Waals surface area contributed by atoms with E-state index in [4.69, 9.17) is 25.8 Å². The number of carbonyl (C=O) groups is 2. The van der Waals surface area contributed by atoms with Gasteiger partial charge in [0.15, 0.2) is 6.61 Å². The summed E-state index contributed by atoms with van der Waals surface area (Å²) in [5, 5.41) is 3.44. The monoisotopic (exact) mass is 615 g/mol. The third-order valence-corrected chi connectivity index (χ3v) is 9.04. The molecule has 0 unspecified atom stereocenters. The predicted molar refractivity (Wildman–Crippen MR) is 158 cm³/mol. The van der Waals surface area contributed by atoms with Crippen LogP contribution in [0.2, 0.25) is 5.02 Å². The molecule has 1 saturated heterocycles. The van der Waals surface area contributed by atoms with Crippen molar-refractivity contribution in [3.05, 3.63) is 88.9 Å². The molecule has 1 N–H and O–H groups in total. The number of carbonyl (C=O) groups excluding carboxylic acids is 2. The number of nitrogens with one attached hydrogen (secondary N) is 1. The van der Waals surface area contributed by atoms with Crippen LogP contribution in [0.5, 0.6) is 11.5 Å². The molecule has 1 aliphatic heterocycles. The molecule has 1 atom stereocenters. The Morgan fingerprint density at radius 2 is 1.69 bits per heavy atom. The smallest absolute Gasteiger partial charge is 0.261 e. The Bertz CT molecular complexity index is 1460. The average molecular weight is 616 g/mol. The quantitative estimate of drug-likeness (QED) is 0.332. The minimum atomic E-state index is -3.65. The lowest BCUT2D eigenvalue weighted by molar-refractivity contribution is -0.142. The van der Waals surface area contributed by atoms with Crippen molar-refractivity contribution in [3.8, 4) is 11.5 Å². The van der Waals surface area contributed by atoms with Gasteiger partial charge in [-0.2, -0.15) is 4.31 Å². The molecule has 0 bridgehead atoms. The standard InChI is InChI=1S/C30H34ClN3O7S/c1-22(30(36)32-19-24-5-3-4-6-28(24)39-2)34(20-23-7-9-25(31)10-8-23)29(35)21-41-26-11-13-27(14-12-26)42(37,38)33-15-17-40-18-16-33/h3-14,22H,15-21H2,1-2H3,(H,32,36)/t22-/m0/s1. The summed E-state index contributed by atoms with van der Waals surface area (Å²) in [5.74, 6) is 0.205. The number of hydrogen-bond donors (Lipinski definition) is 1. The molecule has 224 valence electrons. The molecule has 0 aliphatic carbocycles. The van der Waals surface area contributed by atoms with Gasteiger partial charge in [0.2, 0.25) is 15.9 Å². The second-order valence-corrected chi connectivity index (χ2v) is 12.0. The van der Waals surface area contributed by atoms with Crippen molar-refractivity contribution in [2.45, 2.75) is 31.0 Å². The highest BCUT2D eigenvalue weighted by Crippen LogP contribution is 2.21. The van der Waals surface area contributed by atoms with E-state index in [1.165, 1.54) is 33.5 Å². The number of methoxy groups -OCH3 is 1. The van der Waals surface area contributed by atoms with Crippen LogP contribution in [0.4, 0.5) is 0 Å². The molecular formula is C30H34ClN3O7S. The van der Waals surface area contributed by atoms with Crippen molar-refractivity contribution in [2.75, 3.05) is 40.0 Å². The van der Waals surface area contributed by atoms with Gasteiger partial charge in [-0.05, 0) is 55.0 Å². The van der Waals surface area contributed by atoms with Crippen LogP contribution in [0.15, 0.2) is 77.7 Å². The summed E-state index contributed by atoms with van der Waals surface area (Å²) in [6.45, 7) is 2.97. The first-order chi connectivity index (χ1) is 20.2.